The Labute approximate surface area is 71.0 Å². The molecule has 0 fully saturated rings. The zero-order valence-electron chi connectivity index (χ0n) is 6.29. The van der Waals surface area contributed by atoms with Gasteiger partial charge in [-0.25, -0.2) is 0 Å². The third-order valence-corrected chi connectivity index (χ3v) is 1.58. The van der Waals surface area contributed by atoms with Crippen LogP contribution in [0.15, 0.2) is 24.3 Å². The van der Waals surface area contributed by atoms with Crippen LogP contribution in [0.25, 0.3) is 0 Å². The second-order valence-electron chi connectivity index (χ2n) is 2.44. The van der Waals surface area contributed by atoms with Crippen LogP contribution < -0.4 is 0 Å². The standard InChI is InChI=1S/C8H10ClNO/c1-10(11)6-7-2-4-8(9)5-3-7/h2-5,11H,6H2,1H3. The Hall–Kier alpha value is -0.570. The smallest absolute Gasteiger partial charge is 0.0485 e. The molecule has 1 aromatic rings. The van der Waals surface area contributed by atoms with E-state index in [4.69, 9.17) is 16.8 Å². The van der Waals surface area contributed by atoms with Crippen molar-refractivity contribution in [1.29, 1.82) is 0 Å². The quantitative estimate of drug-likeness (QED) is 0.690. The lowest BCUT2D eigenvalue weighted by atomic mass is 10.2. The summed E-state index contributed by atoms with van der Waals surface area (Å²) < 4.78 is 0. The first-order valence-electron chi connectivity index (χ1n) is 3.33. The topological polar surface area (TPSA) is 23.5 Å². The van der Waals surface area contributed by atoms with Crippen molar-refractivity contribution in [2.24, 2.45) is 0 Å². The maximum absolute atomic E-state index is 8.88. The third-order valence-electron chi connectivity index (χ3n) is 1.32. The van der Waals surface area contributed by atoms with Gasteiger partial charge in [0.05, 0.1) is 0 Å². The minimum Gasteiger partial charge on any atom is -0.314 e. The van der Waals surface area contributed by atoms with Crippen LogP contribution in [0.5, 0.6) is 0 Å². The maximum Gasteiger partial charge on any atom is 0.0485 e. The molecule has 0 aliphatic rings. The minimum absolute atomic E-state index is 0.525. The molecule has 0 aromatic heterocycles. The van der Waals surface area contributed by atoms with E-state index in [1.165, 1.54) is 0 Å². The summed E-state index contributed by atoms with van der Waals surface area (Å²) in [6, 6.07) is 7.38. The van der Waals surface area contributed by atoms with Crippen LogP contribution in [-0.2, 0) is 6.54 Å². The van der Waals surface area contributed by atoms with E-state index in [-0.39, 0.29) is 0 Å². The van der Waals surface area contributed by atoms with Gasteiger partial charge < -0.3 is 5.21 Å². The lowest BCUT2D eigenvalue weighted by Crippen LogP contribution is -2.11. The van der Waals surface area contributed by atoms with Crippen molar-refractivity contribution in [1.82, 2.24) is 5.06 Å². The Balaban J connectivity index is 2.66. The second-order valence-corrected chi connectivity index (χ2v) is 2.88. The molecule has 3 heteroatoms. The van der Waals surface area contributed by atoms with Crippen molar-refractivity contribution < 1.29 is 5.21 Å². The summed E-state index contributed by atoms with van der Waals surface area (Å²) in [6.07, 6.45) is 0. The zero-order chi connectivity index (χ0) is 8.27. The predicted molar refractivity (Wildman–Crippen MR) is 44.7 cm³/mol. The van der Waals surface area contributed by atoms with Crippen molar-refractivity contribution in [2.45, 2.75) is 6.54 Å². The normalized spacial score (nSPS) is 10.5. The van der Waals surface area contributed by atoms with Crippen LogP contribution in [0.2, 0.25) is 5.02 Å². The molecule has 0 heterocycles. The molecule has 0 saturated heterocycles. The molecule has 11 heavy (non-hydrogen) atoms. The first-order chi connectivity index (χ1) is 5.18. The fraction of sp³-hybridized carbons (Fsp3) is 0.250. The Bertz CT molecular complexity index is 220. The molecule has 0 aliphatic heterocycles. The number of hydrogen-bond acceptors (Lipinski definition) is 2. The number of hydrogen-bond donors (Lipinski definition) is 1. The molecule has 1 N–H and O–H groups in total. The van der Waals surface area contributed by atoms with Gasteiger partial charge in [0, 0.05) is 18.6 Å². The summed E-state index contributed by atoms with van der Waals surface area (Å²) in [6.45, 7) is 0.525. The molecule has 0 saturated carbocycles. The van der Waals surface area contributed by atoms with Crippen molar-refractivity contribution in [3.05, 3.63) is 34.9 Å². The fourth-order valence-electron chi connectivity index (χ4n) is 0.854. The molecular formula is C8H10ClNO. The number of rotatable bonds is 2. The van der Waals surface area contributed by atoms with Crippen LogP contribution >= 0.6 is 11.6 Å². The fourth-order valence-corrected chi connectivity index (χ4v) is 0.980. The monoisotopic (exact) mass is 171 g/mol. The average molecular weight is 172 g/mol. The van der Waals surface area contributed by atoms with Gasteiger partial charge >= 0.3 is 0 Å². The van der Waals surface area contributed by atoms with E-state index in [1.807, 2.05) is 12.1 Å². The van der Waals surface area contributed by atoms with E-state index in [1.54, 1.807) is 19.2 Å². The Morgan fingerprint density at radius 2 is 1.91 bits per heavy atom. The van der Waals surface area contributed by atoms with Crippen molar-refractivity contribution in [3.63, 3.8) is 0 Å². The summed E-state index contributed by atoms with van der Waals surface area (Å²) in [5.74, 6) is 0. The van der Waals surface area contributed by atoms with E-state index >= 15 is 0 Å². The summed E-state index contributed by atoms with van der Waals surface area (Å²) in [5, 5.41) is 10.7. The van der Waals surface area contributed by atoms with Crippen molar-refractivity contribution >= 4 is 11.6 Å². The average Bonchev–Trinajstić information content (AvgIpc) is 1.93. The minimum atomic E-state index is 0.525. The maximum atomic E-state index is 8.88. The molecule has 0 spiro atoms. The molecular weight excluding hydrogens is 162 g/mol. The molecule has 2 nitrogen and oxygen atoms in total. The molecule has 0 radical (unpaired) electrons. The van der Waals surface area contributed by atoms with Crippen LogP contribution in [0.3, 0.4) is 0 Å². The number of nitrogens with zero attached hydrogens (tertiary/aromatic N) is 1. The van der Waals surface area contributed by atoms with Gasteiger partial charge in [0.1, 0.15) is 0 Å². The molecule has 0 atom stereocenters. The summed E-state index contributed by atoms with van der Waals surface area (Å²) in [4.78, 5) is 0. The highest BCUT2D eigenvalue weighted by atomic mass is 35.5. The predicted octanol–water partition coefficient (Wildman–Crippen LogP) is 2.16. The number of benzene rings is 1. The van der Waals surface area contributed by atoms with Crippen LogP contribution in [0.1, 0.15) is 5.56 Å². The Morgan fingerprint density at radius 1 is 1.36 bits per heavy atom. The van der Waals surface area contributed by atoms with Crippen LogP contribution in [-0.4, -0.2) is 17.3 Å². The van der Waals surface area contributed by atoms with Gasteiger partial charge in [-0.15, -0.1) is 0 Å². The second kappa shape index (κ2) is 3.72. The van der Waals surface area contributed by atoms with Gasteiger partial charge in [-0.3, -0.25) is 0 Å². The van der Waals surface area contributed by atoms with E-state index in [9.17, 15) is 0 Å². The lowest BCUT2D eigenvalue weighted by Gasteiger charge is -2.06. The number of halogens is 1. The van der Waals surface area contributed by atoms with Gasteiger partial charge in [-0.1, -0.05) is 23.7 Å². The van der Waals surface area contributed by atoms with Crippen molar-refractivity contribution in [2.75, 3.05) is 7.05 Å². The van der Waals surface area contributed by atoms with Gasteiger partial charge in [-0.05, 0) is 17.7 Å². The molecule has 1 rings (SSSR count). The summed E-state index contributed by atoms with van der Waals surface area (Å²) in [5.41, 5.74) is 1.04. The Morgan fingerprint density at radius 3 is 2.36 bits per heavy atom. The van der Waals surface area contributed by atoms with Gasteiger partial charge in [0.15, 0.2) is 0 Å². The largest absolute Gasteiger partial charge is 0.314 e. The first kappa shape index (κ1) is 8.53. The Kier molecular flexibility index (Phi) is 2.88. The summed E-state index contributed by atoms with van der Waals surface area (Å²) >= 11 is 5.67. The van der Waals surface area contributed by atoms with Gasteiger partial charge in [0.25, 0.3) is 0 Å². The molecule has 0 bridgehead atoms. The summed E-state index contributed by atoms with van der Waals surface area (Å²) in [7, 11) is 1.61. The van der Waals surface area contributed by atoms with Gasteiger partial charge in [0.2, 0.25) is 0 Å². The van der Waals surface area contributed by atoms with Crippen LogP contribution in [0, 0.1) is 0 Å². The molecule has 0 amide bonds. The molecule has 0 unspecified atom stereocenters. The SMILES string of the molecule is CN(O)Cc1ccc(Cl)cc1. The third kappa shape index (κ3) is 2.89. The zero-order valence-corrected chi connectivity index (χ0v) is 7.04. The van der Waals surface area contributed by atoms with Crippen LogP contribution in [0.4, 0.5) is 0 Å². The highest BCUT2D eigenvalue weighted by Gasteiger charge is 1.94. The van der Waals surface area contributed by atoms with E-state index in [0.717, 1.165) is 10.6 Å². The molecule has 0 aliphatic carbocycles. The lowest BCUT2D eigenvalue weighted by molar-refractivity contribution is -0.0731. The van der Waals surface area contributed by atoms with E-state index in [2.05, 4.69) is 0 Å². The first-order valence-corrected chi connectivity index (χ1v) is 3.71. The van der Waals surface area contributed by atoms with E-state index in [0.29, 0.717) is 11.6 Å². The highest BCUT2D eigenvalue weighted by molar-refractivity contribution is 6.30. The van der Waals surface area contributed by atoms with Gasteiger partial charge in [-0.2, -0.15) is 5.06 Å². The molecule has 1 aromatic carbocycles. The highest BCUT2D eigenvalue weighted by Crippen LogP contribution is 2.09. The number of hydroxylamine groups is 2. The van der Waals surface area contributed by atoms with E-state index < -0.39 is 0 Å². The van der Waals surface area contributed by atoms with Crippen molar-refractivity contribution in [3.8, 4) is 0 Å². The molecule has 60 valence electrons.